The minimum Gasteiger partial charge on any atom is -0.454 e. The van der Waals surface area contributed by atoms with Crippen LogP contribution in [0.25, 0.3) is 0 Å². The summed E-state index contributed by atoms with van der Waals surface area (Å²) in [5.41, 5.74) is 1.79. The van der Waals surface area contributed by atoms with Crippen molar-refractivity contribution in [1.29, 1.82) is 0 Å². The minimum absolute atomic E-state index is 0.258. The summed E-state index contributed by atoms with van der Waals surface area (Å²) in [6.45, 7) is 5.83. The third-order valence-electron chi connectivity index (χ3n) is 5.05. The van der Waals surface area contributed by atoms with Crippen molar-refractivity contribution in [2.75, 3.05) is 48.1 Å². The van der Waals surface area contributed by atoms with Crippen LogP contribution in [0.2, 0.25) is 0 Å². The van der Waals surface area contributed by atoms with Gasteiger partial charge in [-0.05, 0) is 31.2 Å². The van der Waals surface area contributed by atoms with Gasteiger partial charge in [0.05, 0.1) is 0 Å². The quantitative estimate of drug-likeness (QED) is 0.729. The van der Waals surface area contributed by atoms with E-state index >= 15 is 0 Å². The molecule has 1 aromatic carbocycles. The van der Waals surface area contributed by atoms with Crippen LogP contribution in [-0.4, -0.2) is 47.9 Å². The van der Waals surface area contributed by atoms with E-state index in [2.05, 4.69) is 31.2 Å². The number of ether oxygens (including phenoxy) is 2. The smallest absolute Gasteiger partial charge is 0.231 e. The summed E-state index contributed by atoms with van der Waals surface area (Å²) in [5.74, 6) is 4.02. The molecule has 29 heavy (non-hydrogen) atoms. The van der Waals surface area contributed by atoms with Crippen LogP contribution in [0.15, 0.2) is 48.7 Å². The number of aromatic nitrogens is 3. The summed E-state index contributed by atoms with van der Waals surface area (Å²) in [7, 11) is 0. The number of hydrogen-bond donors (Lipinski definition) is 1. The molecular formula is C21H22N6O2. The van der Waals surface area contributed by atoms with E-state index in [-0.39, 0.29) is 6.79 Å². The maximum Gasteiger partial charge on any atom is 0.231 e. The zero-order chi connectivity index (χ0) is 19.6. The molecule has 4 heterocycles. The van der Waals surface area contributed by atoms with Crippen LogP contribution in [0.1, 0.15) is 5.69 Å². The van der Waals surface area contributed by atoms with Crippen LogP contribution in [0.5, 0.6) is 11.5 Å². The molecule has 0 unspecified atom stereocenters. The van der Waals surface area contributed by atoms with Crippen LogP contribution in [-0.2, 0) is 0 Å². The number of hydrogen-bond acceptors (Lipinski definition) is 8. The molecule has 8 nitrogen and oxygen atoms in total. The number of anilines is 4. The van der Waals surface area contributed by atoms with E-state index in [1.807, 2.05) is 49.5 Å². The Hall–Kier alpha value is -3.55. The first-order valence-corrected chi connectivity index (χ1v) is 9.68. The van der Waals surface area contributed by atoms with E-state index in [0.717, 1.165) is 60.7 Å². The Bertz CT molecular complexity index is 1010. The number of piperazine rings is 1. The summed E-state index contributed by atoms with van der Waals surface area (Å²) in [4.78, 5) is 18.3. The Labute approximate surface area is 169 Å². The van der Waals surface area contributed by atoms with Gasteiger partial charge in [-0.3, -0.25) is 0 Å². The van der Waals surface area contributed by atoms with Gasteiger partial charge in [0.25, 0.3) is 0 Å². The highest BCUT2D eigenvalue weighted by Crippen LogP contribution is 2.35. The zero-order valence-electron chi connectivity index (χ0n) is 16.2. The molecule has 3 aromatic rings. The maximum atomic E-state index is 5.44. The lowest BCUT2D eigenvalue weighted by molar-refractivity contribution is 0.174. The molecular weight excluding hydrogens is 368 g/mol. The number of rotatable bonds is 4. The van der Waals surface area contributed by atoms with Gasteiger partial charge in [0.1, 0.15) is 11.6 Å². The van der Waals surface area contributed by atoms with Gasteiger partial charge < -0.3 is 24.6 Å². The lowest BCUT2D eigenvalue weighted by Gasteiger charge is -2.36. The predicted molar refractivity (Wildman–Crippen MR) is 111 cm³/mol. The second kappa shape index (κ2) is 7.46. The van der Waals surface area contributed by atoms with Gasteiger partial charge in [0, 0.05) is 55.9 Å². The van der Waals surface area contributed by atoms with E-state index in [9.17, 15) is 0 Å². The number of pyridine rings is 1. The van der Waals surface area contributed by atoms with Gasteiger partial charge in [-0.1, -0.05) is 6.07 Å². The van der Waals surface area contributed by atoms with Crippen molar-refractivity contribution in [2.24, 2.45) is 0 Å². The average Bonchev–Trinajstić information content (AvgIpc) is 3.22. The van der Waals surface area contributed by atoms with E-state index < -0.39 is 0 Å². The summed E-state index contributed by atoms with van der Waals surface area (Å²) >= 11 is 0. The van der Waals surface area contributed by atoms with Crippen LogP contribution >= 0.6 is 0 Å². The molecule has 5 rings (SSSR count). The molecule has 8 heteroatoms. The van der Waals surface area contributed by atoms with Crippen LogP contribution in [0.3, 0.4) is 0 Å². The fraction of sp³-hybridized carbons (Fsp3) is 0.286. The highest BCUT2D eigenvalue weighted by molar-refractivity contribution is 5.61. The summed E-state index contributed by atoms with van der Waals surface area (Å²) in [6, 6.07) is 13.8. The number of benzene rings is 1. The molecule has 2 aromatic heterocycles. The number of aryl methyl sites for hydroxylation is 1. The van der Waals surface area contributed by atoms with E-state index in [1.54, 1.807) is 0 Å². The van der Waals surface area contributed by atoms with E-state index in [0.29, 0.717) is 5.95 Å². The molecule has 0 saturated carbocycles. The molecule has 0 spiro atoms. The maximum absolute atomic E-state index is 5.44. The van der Waals surface area contributed by atoms with Crippen molar-refractivity contribution in [3.8, 4) is 11.5 Å². The largest absolute Gasteiger partial charge is 0.454 e. The SMILES string of the molecule is Cc1cc(N2CCN(c3ccccn3)CC2)nc(Nc2ccc3c(c2)OCO3)n1. The topological polar surface area (TPSA) is 75.6 Å². The lowest BCUT2D eigenvalue weighted by Crippen LogP contribution is -2.47. The highest BCUT2D eigenvalue weighted by atomic mass is 16.7. The molecule has 2 aliphatic heterocycles. The first-order chi connectivity index (χ1) is 14.2. The Morgan fingerprint density at radius 3 is 2.45 bits per heavy atom. The van der Waals surface area contributed by atoms with Crippen molar-refractivity contribution < 1.29 is 9.47 Å². The van der Waals surface area contributed by atoms with Gasteiger partial charge >= 0.3 is 0 Å². The Morgan fingerprint density at radius 2 is 1.66 bits per heavy atom. The van der Waals surface area contributed by atoms with Crippen molar-refractivity contribution in [1.82, 2.24) is 15.0 Å². The summed E-state index contributed by atoms with van der Waals surface area (Å²) < 4.78 is 10.8. The Kier molecular flexibility index (Phi) is 4.51. The summed E-state index contributed by atoms with van der Waals surface area (Å²) in [5, 5.41) is 3.28. The minimum atomic E-state index is 0.258. The fourth-order valence-electron chi connectivity index (χ4n) is 3.58. The fourth-order valence-corrected chi connectivity index (χ4v) is 3.58. The van der Waals surface area contributed by atoms with Gasteiger partial charge in [-0.2, -0.15) is 4.98 Å². The van der Waals surface area contributed by atoms with Crippen molar-refractivity contribution in [2.45, 2.75) is 6.92 Å². The monoisotopic (exact) mass is 390 g/mol. The molecule has 0 atom stereocenters. The molecule has 0 radical (unpaired) electrons. The highest BCUT2D eigenvalue weighted by Gasteiger charge is 2.20. The average molecular weight is 390 g/mol. The molecule has 0 bridgehead atoms. The van der Waals surface area contributed by atoms with Crippen LogP contribution in [0, 0.1) is 6.92 Å². The van der Waals surface area contributed by atoms with E-state index in [4.69, 9.17) is 14.5 Å². The zero-order valence-corrected chi connectivity index (χ0v) is 16.2. The van der Waals surface area contributed by atoms with Gasteiger partial charge in [-0.15, -0.1) is 0 Å². The molecule has 0 aliphatic carbocycles. The first kappa shape index (κ1) is 17.5. The normalized spacial score (nSPS) is 15.5. The Balaban J connectivity index is 1.30. The van der Waals surface area contributed by atoms with Crippen molar-refractivity contribution in [3.63, 3.8) is 0 Å². The molecule has 148 valence electrons. The molecule has 1 fully saturated rings. The molecule has 0 amide bonds. The second-order valence-corrected chi connectivity index (χ2v) is 7.05. The third-order valence-corrected chi connectivity index (χ3v) is 5.05. The summed E-state index contributed by atoms with van der Waals surface area (Å²) in [6.07, 6.45) is 1.84. The standard InChI is InChI=1S/C21H22N6O2/c1-15-12-20(27-10-8-26(9-11-27)19-4-2-3-7-22-19)25-21(23-15)24-16-5-6-17-18(13-16)29-14-28-17/h2-7,12-13H,8-11,14H2,1H3,(H,23,24,25). The van der Waals surface area contributed by atoms with Crippen molar-refractivity contribution >= 4 is 23.3 Å². The van der Waals surface area contributed by atoms with Gasteiger partial charge in [0.2, 0.25) is 12.7 Å². The second-order valence-electron chi connectivity index (χ2n) is 7.05. The number of nitrogens with one attached hydrogen (secondary N) is 1. The van der Waals surface area contributed by atoms with Crippen molar-refractivity contribution in [3.05, 3.63) is 54.4 Å². The van der Waals surface area contributed by atoms with E-state index in [1.165, 1.54) is 0 Å². The lowest BCUT2D eigenvalue weighted by atomic mass is 10.2. The molecule has 2 aliphatic rings. The van der Waals surface area contributed by atoms with Crippen LogP contribution < -0.4 is 24.6 Å². The third kappa shape index (κ3) is 3.73. The predicted octanol–water partition coefficient (Wildman–Crippen LogP) is 2.98. The van der Waals surface area contributed by atoms with Gasteiger partial charge in [0.15, 0.2) is 11.5 Å². The molecule has 1 N–H and O–H groups in total. The van der Waals surface area contributed by atoms with Gasteiger partial charge in [-0.25, -0.2) is 9.97 Å². The number of nitrogens with zero attached hydrogens (tertiary/aromatic N) is 5. The first-order valence-electron chi connectivity index (χ1n) is 9.68. The molecule has 1 saturated heterocycles. The van der Waals surface area contributed by atoms with Crippen LogP contribution in [0.4, 0.5) is 23.3 Å². The number of fused-ring (bicyclic) bond motifs is 1. The Morgan fingerprint density at radius 1 is 0.862 bits per heavy atom.